The van der Waals surface area contributed by atoms with E-state index in [0.29, 0.717) is 0 Å². The highest BCUT2D eigenvalue weighted by molar-refractivity contribution is 7.78. The average molecular weight is 525 g/mol. The lowest BCUT2D eigenvalue weighted by molar-refractivity contribution is -0.160. The second-order valence-electron chi connectivity index (χ2n) is 10.8. The lowest BCUT2D eigenvalue weighted by Crippen LogP contribution is -2.32. The molecule has 1 aliphatic carbocycles. The van der Waals surface area contributed by atoms with Crippen LogP contribution in [0.3, 0.4) is 0 Å². The Morgan fingerprint density at radius 2 is 0.865 bits per heavy atom. The number of rotatable bonds is 7. The lowest BCUT2D eigenvalue weighted by Gasteiger charge is -2.25. The smallest absolute Gasteiger partial charge is 0.313 e. The van der Waals surface area contributed by atoms with Crippen molar-refractivity contribution < 1.29 is 9.53 Å². The second kappa shape index (κ2) is 10.5. The minimum absolute atomic E-state index is 0.0753. The van der Waals surface area contributed by atoms with Gasteiger partial charge in [-0.05, 0) is 64.8 Å². The van der Waals surface area contributed by atoms with Crippen molar-refractivity contribution in [3.63, 3.8) is 0 Å². The number of hydrogen-bond donors (Lipinski definition) is 0. The summed E-state index contributed by atoms with van der Waals surface area (Å²) < 4.78 is 6.15. The molecule has 1 fully saturated rings. The fraction of sp³-hybridized carbons (Fsp3) is 0.242. The molecule has 5 rings (SSSR count). The van der Waals surface area contributed by atoms with E-state index in [1.807, 2.05) is 20.8 Å². The maximum atomic E-state index is 14.1. The van der Waals surface area contributed by atoms with E-state index < -0.39 is 26.9 Å². The van der Waals surface area contributed by atoms with Gasteiger partial charge in [0.2, 0.25) is 0 Å². The topological polar surface area (TPSA) is 26.3 Å². The van der Waals surface area contributed by atoms with Gasteiger partial charge in [0.1, 0.15) is 5.60 Å². The number of esters is 1. The summed E-state index contributed by atoms with van der Waals surface area (Å²) >= 11 is 0. The van der Waals surface area contributed by atoms with Gasteiger partial charge in [0.05, 0.1) is 5.41 Å². The number of benzene rings is 4. The summed E-state index contributed by atoms with van der Waals surface area (Å²) in [5.74, 6) is -0.0753. The molecule has 4 aromatic rings. The molecule has 0 radical (unpaired) electrons. The molecule has 37 heavy (non-hydrogen) atoms. The van der Waals surface area contributed by atoms with Crippen molar-refractivity contribution in [1.82, 2.24) is 0 Å². The van der Waals surface area contributed by atoms with Crippen LogP contribution in [-0.2, 0) is 9.53 Å². The van der Waals surface area contributed by atoms with E-state index in [0.717, 1.165) is 0 Å². The van der Waals surface area contributed by atoms with Crippen LogP contribution in [0.5, 0.6) is 0 Å². The van der Waals surface area contributed by atoms with Crippen molar-refractivity contribution in [2.24, 2.45) is 5.41 Å². The molecule has 0 N–H and O–H groups in total. The molecule has 0 heterocycles. The molecule has 4 heteroatoms. The van der Waals surface area contributed by atoms with Crippen LogP contribution in [0.25, 0.3) is 0 Å². The molecule has 0 unspecified atom stereocenters. The molecule has 4 aromatic carbocycles. The van der Waals surface area contributed by atoms with Crippen LogP contribution >= 0.6 is 15.8 Å². The van der Waals surface area contributed by atoms with E-state index in [-0.39, 0.29) is 17.3 Å². The van der Waals surface area contributed by atoms with E-state index in [4.69, 9.17) is 4.74 Å². The number of hydrogen-bond acceptors (Lipinski definition) is 2. The molecular weight excluding hydrogens is 490 g/mol. The molecule has 188 valence electrons. The van der Waals surface area contributed by atoms with E-state index in [9.17, 15) is 4.79 Å². The highest BCUT2D eigenvalue weighted by Gasteiger charge is 2.72. The third-order valence-electron chi connectivity index (χ3n) is 6.95. The Bertz CT molecular complexity index is 1150. The Morgan fingerprint density at radius 1 is 0.595 bits per heavy atom. The Kier molecular flexibility index (Phi) is 7.35. The summed E-state index contributed by atoms with van der Waals surface area (Å²) in [5, 5.41) is 5.23. The van der Waals surface area contributed by atoms with Gasteiger partial charge in [-0.2, -0.15) is 0 Å². The monoisotopic (exact) mass is 524 g/mol. The van der Waals surface area contributed by atoms with Crippen molar-refractivity contribution in [2.75, 3.05) is 0 Å². The molecule has 0 saturated heterocycles. The zero-order valence-electron chi connectivity index (χ0n) is 21.9. The van der Waals surface area contributed by atoms with Gasteiger partial charge in [-0.3, -0.25) is 4.79 Å². The van der Waals surface area contributed by atoms with Crippen LogP contribution < -0.4 is 21.2 Å². The normalized spacial score (nSPS) is 21.1. The van der Waals surface area contributed by atoms with Gasteiger partial charge in [-0.25, -0.2) is 0 Å². The van der Waals surface area contributed by atoms with Crippen LogP contribution in [0.2, 0.25) is 0 Å². The maximum Gasteiger partial charge on any atom is 0.313 e. The van der Waals surface area contributed by atoms with Crippen LogP contribution in [0.1, 0.15) is 27.7 Å². The fourth-order valence-electron chi connectivity index (χ4n) is 5.21. The minimum atomic E-state index is -0.798. The predicted molar refractivity (Wildman–Crippen MR) is 160 cm³/mol. The van der Waals surface area contributed by atoms with Gasteiger partial charge >= 0.3 is 5.97 Å². The number of ether oxygens (including phenoxy) is 1. The van der Waals surface area contributed by atoms with Gasteiger partial charge in [0, 0.05) is 11.3 Å². The lowest BCUT2D eigenvalue weighted by atomic mass is 10.1. The first-order valence-corrected chi connectivity index (χ1v) is 15.6. The Hall–Kier alpha value is -2.79. The SMILES string of the molecule is CC(C)(C)OC(=O)C1(C)[C@@H](P(c2ccccc2)c2ccccc2)[C@@H]1P(c1ccccc1)c1ccccc1. The molecule has 0 bridgehead atoms. The standard InChI is InChI=1S/C33H34O2P2/c1-32(2,3)35-31(34)33(4)29(36(25-17-9-5-10-18-25)26-19-11-6-12-20-26)30(33)37(27-21-13-7-14-22-27)28-23-15-8-16-24-28/h5-24,29-30H,1-4H3/t29-,30-/m0/s1. The third-order valence-corrected chi connectivity index (χ3v) is 13.4. The van der Waals surface area contributed by atoms with E-state index in [2.05, 4.69) is 128 Å². The summed E-state index contributed by atoms with van der Waals surface area (Å²) in [4.78, 5) is 14.1. The van der Waals surface area contributed by atoms with Gasteiger partial charge in [0.15, 0.2) is 0 Å². The largest absolute Gasteiger partial charge is 0.460 e. The number of carbonyl (C=O) groups is 1. The van der Waals surface area contributed by atoms with Gasteiger partial charge in [-0.1, -0.05) is 121 Å². The first kappa shape index (κ1) is 25.8. The van der Waals surface area contributed by atoms with Crippen LogP contribution in [-0.4, -0.2) is 22.9 Å². The molecule has 0 spiro atoms. The molecule has 2 atom stereocenters. The van der Waals surface area contributed by atoms with Crippen molar-refractivity contribution in [2.45, 2.75) is 44.6 Å². The minimum Gasteiger partial charge on any atom is -0.460 e. The van der Waals surface area contributed by atoms with Gasteiger partial charge in [-0.15, -0.1) is 0 Å². The fourth-order valence-corrected chi connectivity index (χ4v) is 12.6. The predicted octanol–water partition coefficient (Wildman–Crippen LogP) is 6.35. The molecule has 0 aromatic heterocycles. The van der Waals surface area contributed by atoms with Gasteiger partial charge in [0.25, 0.3) is 0 Å². The second-order valence-corrected chi connectivity index (χ2v) is 15.4. The average Bonchev–Trinajstić information content (AvgIpc) is 3.51. The summed E-state index contributed by atoms with van der Waals surface area (Å²) in [6.45, 7) is 8.07. The van der Waals surface area contributed by atoms with E-state index >= 15 is 0 Å². The zero-order valence-corrected chi connectivity index (χ0v) is 23.7. The molecule has 1 aliphatic rings. The van der Waals surface area contributed by atoms with E-state index in [1.165, 1.54) is 21.2 Å². The van der Waals surface area contributed by atoms with Crippen LogP contribution in [0, 0.1) is 5.41 Å². The Labute approximate surface area is 223 Å². The third kappa shape index (κ3) is 5.29. The summed E-state index contributed by atoms with van der Waals surface area (Å²) in [6.07, 6.45) is 0. The van der Waals surface area contributed by atoms with Gasteiger partial charge < -0.3 is 4.74 Å². The Morgan fingerprint density at radius 3 is 1.11 bits per heavy atom. The summed E-state index contributed by atoms with van der Waals surface area (Å²) in [5.41, 5.74) is -0.813. The zero-order chi connectivity index (χ0) is 26.0. The Balaban J connectivity index is 1.69. The maximum absolute atomic E-state index is 14.1. The highest BCUT2D eigenvalue weighted by Crippen LogP contribution is 2.74. The van der Waals surface area contributed by atoms with Crippen molar-refractivity contribution in [3.8, 4) is 0 Å². The van der Waals surface area contributed by atoms with Crippen LogP contribution in [0.4, 0.5) is 0 Å². The molecule has 0 amide bonds. The highest BCUT2D eigenvalue weighted by atomic mass is 31.1. The van der Waals surface area contributed by atoms with Crippen molar-refractivity contribution >= 4 is 43.0 Å². The first-order chi connectivity index (χ1) is 17.8. The van der Waals surface area contributed by atoms with Crippen molar-refractivity contribution in [3.05, 3.63) is 121 Å². The first-order valence-electron chi connectivity index (χ1n) is 12.8. The van der Waals surface area contributed by atoms with E-state index in [1.54, 1.807) is 0 Å². The molecule has 2 nitrogen and oxygen atoms in total. The quantitative estimate of drug-likeness (QED) is 0.208. The molecular formula is C33H34O2P2. The molecule has 0 aliphatic heterocycles. The van der Waals surface area contributed by atoms with Crippen molar-refractivity contribution in [1.29, 1.82) is 0 Å². The number of carbonyl (C=O) groups excluding carboxylic acids is 1. The summed E-state index contributed by atoms with van der Waals surface area (Å²) in [7, 11) is -1.60. The molecule has 1 saturated carbocycles. The summed E-state index contributed by atoms with van der Waals surface area (Å²) in [6, 6.07) is 43.1. The van der Waals surface area contributed by atoms with Crippen LogP contribution in [0.15, 0.2) is 121 Å².